The fraction of sp³-hybridized carbons (Fsp3) is 0.267. The smallest absolute Gasteiger partial charge is 0.233 e. The highest BCUT2D eigenvalue weighted by molar-refractivity contribution is 6.07. The van der Waals surface area contributed by atoms with Crippen molar-refractivity contribution in [2.75, 3.05) is 7.11 Å². The van der Waals surface area contributed by atoms with E-state index in [9.17, 15) is 4.79 Å². The third-order valence-corrected chi connectivity index (χ3v) is 2.81. The number of carbonyl (C=O) groups excluding carboxylic acids is 1. The van der Waals surface area contributed by atoms with E-state index in [0.29, 0.717) is 17.1 Å². The van der Waals surface area contributed by atoms with E-state index in [0.717, 1.165) is 18.4 Å². The number of methoxy groups -OCH3 is 1. The molecule has 19 heavy (non-hydrogen) atoms. The zero-order valence-corrected chi connectivity index (χ0v) is 11.1. The molecule has 0 amide bonds. The Morgan fingerprint density at radius 3 is 2.68 bits per heavy atom. The minimum Gasteiger partial charge on any atom is -0.480 e. The Morgan fingerprint density at radius 2 is 2.05 bits per heavy atom. The lowest BCUT2D eigenvalue weighted by atomic mass is 10.0. The molecule has 0 saturated heterocycles. The first-order valence-corrected chi connectivity index (χ1v) is 6.26. The average Bonchev–Trinajstić information content (AvgIpc) is 2.47. The summed E-state index contributed by atoms with van der Waals surface area (Å²) in [6.45, 7) is 2.11. The molecule has 0 bridgehead atoms. The highest BCUT2D eigenvalue weighted by Crippen LogP contribution is 2.12. The highest BCUT2D eigenvalue weighted by atomic mass is 16.5. The van der Waals surface area contributed by atoms with Crippen LogP contribution in [0.15, 0.2) is 36.4 Å². The molecule has 2 rings (SSSR count). The lowest BCUT2D eigenvalue weighted by Crippen LogP contribution is -2.06. The minimum absolute atomic E-state index is 0.117. The third-order valence-electron chi connectivity index (χ3n) is 2.81. The number of ether oxygens (including phenoxy) is 1. The van der Waals surface area contributed by atoms with E-state index in [1.54, 1.807) is 18.2 Å². The number of aryl methyl sites for hydroxylation is 1. The topological polar surface area (TPSA) is 52.1 Å². The van der Waals surface area contributed by atoms with Gasteiger partial charge in [-0.2, -0.15) is 0 Å². The van der Waals surface area contributed by atoms with Crippen LogP contribution in [0.25, 0.3) is 0 Å². The fourth-order valence-electron chi connectivity index (χ4n) is 1.85. The Morgan fingerprint density at radius 1 is 1.21 bits per heavy atom. The lowest BCUT2D eigenvalue weighted by Gasteiger charge is -2.04. The zero-order valence-electron chi connectivity index (χ0n) is 11.1. The van der Waals surface area contributed by atoms with Crippen LogP contribution in [0.2, 0.25) is 0 Å². The summed E-state index contributed by atoms with van der Waals surface area (Å²) in [5.41, 5.74) is 2.13. The Kier molecular flexibility index (Phi) is 4.23. The second-order valence-electron chi connectivity index (χ2n) is 4.24. The number of rotatable bonds is 5. The fourth-order valence-corrected chi connectivity index (χ4v) is 1.85. The summed E-state index contributed by atoms with van der Waals surface area (Å²) >= 11 is 0. The van der Waals surface area contributed by atoms with Crippen molar-refractivity contribution in [3.05, 3.63) is 53.2 Å². The summed E-state index contributed by atoms with van der Waals surface area (Å²) in [5.74, 6) is 0.282. The number of ketones is 1. The maximum Gasteiger partial charge on any atom is 0.233 e. The van der Waals surface area contributed by atoms with Crippen molar-refractivity contribution < 1.29 is 9.53 Å². The largest absolute Gasteiger partial charge is 0.480 e. The molecular weight excluding hydrogens is 240 g/mol. The molecule has 1 aromatic heterocycles. The number of hydrogen-bond donors (Lipinski definition) is 0. The SMILES string of the molecule is CCCc1cccc(C(=O)c2ccc(OC)nn2)c1. The number of aromatic nitrogens is 2. The second kappa shape index (κ2) is 6.09. The average molecular weight is 256 g/mol. The molecule has 4 heteroatoms. The lowest BCUT2D eigenvalue weighted by molar-refractivity contribution is 0.103. The van der Waals surface area contributed by atoms with Crippen LogP contribution in [0.4, 0.5) is 0 Å². The zero-order chi connectivity index (χ0) is 13.7. The van der Waals surface area contributed by atoms with Gasteiger partial charge in [0, 0.05) is 11.6 Å². The minimum atomic E-state index is -0.117. The Labute approximate surface area is 112 Å². The van der Waals surface area contributed by atoms with Gasteiger partial charge >= 0.3 is 0 Å². The first-order chi connectivity index (χ1) is 9.24. The molecule has 2 aromatic rings. The molecular formula is C15H16N2O2. The van der Waals surface area contributed by atoms with Crippen LogP contribution in [0.3, 0.4) is 0 Å². The van der Waals surface area contributed by atoms with Gasteiger partial charge in [0.25, 0.3) is 0 Å². The van der Waals surface area contributed by atoms with Crippen molar-refractivity contribution in [1.29, 1.82) is 0 Å². The Balaban J connectivity index is 2.24. The van der Waals surface area contributed by atoms with Crippen LogP contribution < -0.4 is 4.74 Å². The summed E-state index contributed by atoms with van der Waals surface area (Å²) in [6, 6.07) is 10.9. The highest BCUT2D eigenvalue weighted by Gasteiger charge is 2.11. The molecule has 0 unspecified atom stereocenters. The summed E-state index contributed by atoms with van der Waals surface area (Å²) in [5, 5.41) is 7.69. The van der Waals surface area contributed by atoms with Gasteiger partial charge in [-0.1, -0.05) is 31.5 Å². The maximum atomic E-state index is 12.3. The molecule has 0 saturated carbocycles. The van der Waals surface area contributed by atoms with Gasteiger partial charge in [-0.15, -0.1) is 10.2 Å². The summed E-state index contributed by atoms with van der Waals surface area (Å²) in [7, 11) is 1.51. The Bertz CT molecular complexity index is 565. The van der Waals surface area contributed by atoms with E-state index in [1.807, 2.05) is 18.2 Å². The van der Waals surface area contributed by atoms with E-state index >= 15 is 0 Å². The van der Waals surface area contributed by atoms with Crippen molar-refractivity contribution in [3.63, 3.8) is 0 Å². The van der Waals surface area contributed by atoms with Crippen molar-refractivity contribution in [1.82, 2.24) is 10.2 Å². The maximum absolute atomic E-state index is 12.3. The monoisotopic (exact) mass is 256 g/mol. The molecule has 1 aromatic carbocycles. The van der Waals surface area contributed by atoms with E-state index in [-0.39, 0.29) is 5.78 Å². The summed E-state index contributed by atoms with van der Waals surface area (Å²) in [4.78, 5) is 12.3. The van der Waals surface area contributed by atoms with Crippen molar-refractivity contribution in [2.45, 2.75) is 19.8 Å². The predicted molar refractivity (Wildman–Crippen MR) is 72.5 cm³/mol. The summed E-state index contributed by atoms with van der Waals surface area (Å²) in [6.07, 6.45) is 2.02. The van der Waals surface area contributed by atoms with Gasteiger partial charge in [-0.3, -0.25) is 4.79 Å². The molecule has 4 nitrogen and oxygen atoms in total. The predicted octanol–water partition coefficient (Wildman–Crippen LogP) is 2.67. The van der Waals surface area contributed by atoms with Gasteiger partial charge in [0.2, 0.25) is 11.7 Å². The van der Waals surface area contributed by atoms with Gasteiger partial charge in [0.1, 0.15) is 5.69 Å². The van der Waals surface area contributed by atoms with E-state index in [1.165, 1.54) is 7.11 Å². The van der Waals surface area contributed by atoms with Gasteiger partial charge in [0.05, 0.1) is 7.11 Å². The van der Waals surface area contributed by atoms with E-state index < -0.39 is 0 Å². The van der Waals surface area contributed by atoms with Crippen LogP contribution in [0.1, 0.15) is 35.0 Å². The molecule has 0 aliphatic carbocycles. The number of carbonyl (C=O) groups is 1. The molecule has 0 aliphatic heterocycles. The molecule has 0 N–H and O–H groups in total. The molecule has 98 valence electrons. The van der Waals surface area contributed by atoms with Crippen molar-refractivity contribution >= 4 is 5.78 Å². The quantitative estimate of drug-likeness (QED) is 0.772. The first-order valence-electron chi connectivity index (χ1n) is 6.26. The van der Waals surface area contributed by atoms with Crippen molar-refractivity contribution in [2.24, 2.45) is 0 Å². The van der Waals surface area contributed by atoms with E-state index in [4.69, 9.17) is 4.74 Å². The number of benzene rings is 1. The van der Waals surface area contributed by atoms with Gasteiger partial charge in [0.15, 0.2) is 0 Å². The standard InChI is InChI=1S/C15H16N2O2/c1-3-5-11-6-4-7-12(10-11)15(18)13-8-9-14(19-2)17-16-13/h4,6-10H,3,5H2,1-2H3. The molecule has 0 radical (unpaired) electrons. The van der Waals surface area contributed by atoms with Crippen LogP contribution in [-0.4, -0.2) is 23.1 Å². The summed E-state index contributed by atoms with van der Waals surface area (Å²) < 4.78 is 4.92. The normalized spacial score (nSPS) is 10.2. The van der Waals surface area contributed by atoms with Gasteiger partial charge in [-0.05, 0) is 24.1 Å². The van der Waals surface area contributed by atoms with Gasteiger partial charge < -0.3 is 4.74 Å². The van der Waals surface area contributed by atoms with Gasteiger partial charge in [-0.25, -0.2) is 0 Å². The van der Waals surface area contributed by atoms with Crippen LogP contribution in [0, 0.1) is 0 Å². The van der Waals surface area contributed by atoms with Crippen LogP contribution in [-0.2, 0) is 6.42 Å². The molecule has 0 spiro atoms. The molecule has 0 fully saturated rings. The number of nitrogens with zero attached hydrogens (tertiary/aromatic N) is 2. The molecule has 0 aliphatic rings. The third kappa shape index (κ3) is 3.16. The molecule has 0 atom stereocenters. The molecule has 1 heterocycles. The number of hydrogen-bond acceptors (Lipinski definition) is 4. The second-order valence-corrected chi connectivity index (χ2v) is 4.24. The van der Waals surface area contributed by atoms with Crippen molar-refractivity contribution in [3.8, 4) is 5.88 Å². The van der Waals surface area contributed by atoms with E-state index in [2.05, 4.69) is 17.1 Å². The first kappa shape index (κ1) is 13.2. The van der Waals surface area contributed by atoms with Crippen LogP contribution >= 0.6 is 0 Å². The van der Waals surface area contributed by atoms with Crippen LogP contribution in [0.5, 0.6) is 5.88 Å². The Hall–Kier alpha value is -2.23.